The number of hydrogen-bond donors (Lipinski definition) is 3. The van der Waals surface area contributed by atoms with Gasteiger partial charge in [-0.1, -0.05) is 30.3 Å². The van der Waals surface area contributed by atoms with Gasteiger partial charge in [0.25, 0.3) is 0 Å². The fraction of sp³-hybridized carbons (Fsp3) is 0.364. The Balaban J connectivity index is 3.56. The van der Waals surface area contributed by atoms with Crippen LogP contribution in [0, 0.1) is 0 Å². The van der Waals surface area contributed by atoms with E-state index in [1.165, 1.54) is 6.07 Å². The number of carbonyl (C=O) groups is 1. The minimum atomic E-state index is -6.18. The van der Waals surface area contributed by atoms with E-state index in [1.54, 1.807) is 0 Å². The molecule has 4 nitrogen and oxygen atoms in total. The molecule has 1 aromatic carbocycles. The predicted molar refractivity (Wildman–Crippen MR) is 57.0 cm³/mol. The first-order chi connectivity index (χ1) is 8.96. The van der Waals surface area contributed by atoms with Crippen molar-refractivity contribution in [3.8, 4) is 0 Å². The number of aliphatic carboxylic acids is 1. The maximum absolute atomic E-state index is 13.6. The molecule has 0 saturated heterocycles. The van der Waals surface area contributed by atoms with Crippen molar-refractivity contribution >= 4 is 5.97 Å². The molecule has 0 aliphatic rings. The molecule has 1 rings (SSSR count). The highest BCUT2D eigenvalue weighted by atomic mass is 19.4. The van der Waals surface area contributed by atoms with E-state index in [1.807, 2.05) is 0 Å². The Kier molecular flexibility index (Phi) is 4.07. The Hall–Kier alpha value is -1.74. The monoisotopic (exact) mass is 299 g/mol. The summed E-state index contributed by atoms with van der Waals surface area (Å²) in [5.74, 6) is -7.95. The van der Waals surface area contributed by atoms with E-state index in [9.17, 15) is 31.9 Å². The van der Waals surface area contributed by atoms with Crippen LogP contribution in [0.25, 0.3) is 0 Å². The third-order valence-electron chi connectivity index (χ3n) is 2.76. The minimum absolute atomic E-state index is 0.739. The number of alkyl halides is 5. The smallest absolute Gasteiger partial charge is 0.456 e. The molecule has 0 amide bonds. The Morgan fingerprint density at radius 2 is 1.55 bits per heavy atom. The molecule has 0 fully saturated rings. The highest BCUT2D eigenvalue weighted by Gasteiger charge is 2.73. The molecule has 4 N–H and O–H groups in total. The van der Waals surface area contributed by atoms with Crippen molar-refractivity contribution < 1.29 is 37.0 Å². The highest BCUT2D eigenvalue weighted by molar-refractivity contribution is 5.75. The van der Waals surface area contributed by atoms with E-state index in [2.05, 4.69) is 0 Å². The number of aliphatic hydroxyl groups is 1. The number of benzene rings is 1. The molecule has 1 aromatic rings. The number of hydrogen-bond acceptors (Lipinski definition) is 3. The second-order valence-corrected chi connectivity index (χ2v) is 4.02. The van der Waals surface area contributed by atoms with E-state index in [-0.39, 0.29) is 0 Å². The van der Waals surface area contributed by atoms with Gasteiger partial charge in [-0.3, -0.25) is 4.79 Å². The molecule has 9 heteroatoms. The molecule has 2 unspecified atom stereocenters. The van der Waals surface area contributed by atoms with Crippen LogP contribution >= 0.6 is 0 Å². The van der Waals surface area contributed by atoms with Crippen LogP contribution in [0.4, 0.5) is 22.0 Å². The van der Waals surface area contributed by atoms with E-state index in [4.69, 9.17) is 10.8 Å². The topological polar surface area (TPSA) is 83.6 Å². The molecule has 112 valence electrons. The lowest BCUT2D eigenvalue weighted by atomic mass is 9.80. The van der Waals surface area contributed by atoms with Crippen LogP contribution in [-0.4, -0.2) is 34.3 Å². The van der Waals surface area contributed by atoms with Gasteiger partial charge in [0.1, 0.15) is 6.04 Å². The van der Waals surface area contributed by atoms with Crippen LogP contribution in [0.3, 0.4) is 0 Å². The SMILES string of the molecule is NC(C(=O)O)C(O)(c1ccccc1)C(F)(F)C(F)(F)F. The normalized spacial score (nSPS) is 17.4. The van der Waals surface area contributed by atoms with Crippen LogP contribution in [0.2, 0.25) is 0 Å². The van der Waals surface area contributed by atoms with Crippen molar-refractivity contribution in [2.45, 2.75) is 23.7 Å². The standard InChI is InChI=1S/C11H10F5NO3/c12-10(13,11(14,15)16)9(20,7(17)8(18)19)6-4-2-1-3-5-6/h1-5,7,20H,17H2,(H,18,19). The van der Waals surface area contributed by atoms with Gasteiger partial charge in [0, 0.05) is 0 Å². The Morgan fingerprint density at radius 3 is 1.90 bits per heavy atom. The summed E-state index contributed by atoms with van der Waals surface area (Å²) in [7, 11) is 0. The lowest BCUT2D eigenvalue weighted by Crippen LogP contribution is -2.65. The zero-order valence-corrected chi connectivity index (χ0v) is 9.73. The summed E-state index contributed by atoms with van der Waals surface area (Å²) in [6.45, 7) is 0. The Morgan fingerprint density at radius 1 is 1.10 bits per heavy atom. The molecular formula is C11H10F5NO3. The van der Waals surface area contributed by atoms with Crippen molar-refractivity contribution in [2.24, 2.45) is 5.73 Å². The van der Waals surface area contributed by atoms with Crippen molar-refractivity contribution in [1.29, 1.82) is 0 Å². The lowest BCUT2D eigenvalue weighted by molar-refractivity contribution is -0.349. The van der Waals surface area contributed by atoms with Gasteiger partial charge in [-0.25, -0.2) is 0 Å². The summed E-state index contributed by atoms with van der Waals surface area (Å²) in [6, 6.07) is 2.04. The van der Waals surface area contributed by atoms with E-state index in [0.717, 1.165) is 24.3 Å². The second-order valence-electron chi connectivity index (χ2n) is 4.02. The molecular weight excluding hydrogens is 289 g/mol. The fourth-order valence-corrected chi connectivity index (χ4v) is 1.64. The van der Waals surface area contributed by atoms with Gasteiger partial charge in [-0.15, -0.1) is 0 Å². The van der Waals surface area contributed by atoms with E-state index >= 15 is 0 Å². The molecule has 0 aliphatic heterocycles. The predicted octanol–water partition coefficient (Wildman–Crippen LogP) is 1.48. The van der Waals surface area contributed by atoms with Gasteiger partial charge >= 0.3 is 18.1 Å². The highest BCUT2D eigenvalue weighted by Crippen LogP contribution is 2.49. The summed E-state index contributed by atoms with van der Waals surface area (Å²) < 4.78 is 64.6. The molecule has 0 spiro atoms. The van der Waals surface area contributed by atoms with Gasteiger partial charge in [-0.05, 0) is 5.56 Å². The van der Waals surface area contributed by atoms with Crippen molar-refractivity contribution in [3.63, 3.8) is 0 Å². The molecule has 0 radical (unpaired) electrons. The minimum Gasteiger partial charge on any atom is -0.480 e. The molecule has 0 aromatic heterocycles. The van der Waals surface area contributed by atoms with Crippen LogP contribution in [-0.2, 0) is 10.4 Å². The first-order valence-corrected chi connectivity index (χ1v) is 5.17. The molecule has 0 heterocycles. The van der Waals surface area contributed by atoms with Crippen molar-refractivity contribution in [1.82, 2.24) is 0 Å². The van der Waals surface area contributed by atoms with Gasteiger partial charge < -0.3 is 15.9 Å². The molecule has 0 bridgehead atoms. The number of carboxylic acid groups (broad SMARTS) is 1. The fourth-order valence-electron chi connectivity index (χ4n) is 1.64. The third kappa shape index (κ3) is 2.34. The first kappa shape index (κ1) is 16.3. The van der Waals surface area contributed by atoms with E-state index in [0.29, 0.717) is 0 Å². The maximum Gasteiger partial charge on any atom is 0.456 e. The average Bonchev–Trinajstić information content (AvgIpc) is 2.36. The summed E-state index contributed by atoms with van der Waals surface area (Å²) >= 11 is 0. The zero-order valence-electron chi connectivity index (χ0n) is 9.73. The van der Waals surface area contributed by atoms with Gasteiger partial charge in [0.2, 0.25) is 0 Å². The van der Waals surface area contributed by atoms with E-state index < -0.39 is 35.3 Å². The van der Waals surface area contributed by atoms with Crippen LogP contribution in [0.1, 0.15) is 5.56 Å². The number of rotatable bonds is 4. The second kappa shape index (κ2) is 4.98. The Bertz CT molecular complexity index is 491. The summed E-state index contributed by atoms with van der Waals surface area (Å²) in [4.78, 5) is 10.7. The summed E-state index contributed by atoms with van der Waals surface area (Å²) in [6.07, 6.45) is -6.18. The van der Waals surface area contributed by atoms with Gasteiger partial charge in [0.15, 0.2) is 5.60 Å². The molecule has 2 atom stereocenters. The number of halogens is 5. The Labute approximate surface area is 109 Å². The molecule has 0 saturated carbocycles. The van der Waals surface area contributed by atoms with Crippen LogP contribution in [0.15, 0.2) is 30.3 Å². The van der Waals surface area contributed by atoms with Crippen LogP contribution < -0.4 is 5.73 Å². The number of nitrogens with two attached hydrogens (primary N) is 1. The average molecular weight is 299 g/mol. The summed E-state index contributed by atoms with van der Waals surface area (Å²) in [5, 5.41) is 18.4. The maximum atomic E-state index is 13.6. The molecule has 0 aliphatic carbocycles. The van der Waals surface area contributed by atoms with Gasteiger partial charge in [0.05, 0.1) is 0 Å². The number of carboxylic acids is 1. The van der Waals surface area contributed by atoms with Gasteiger partial charge in [-0.2, -0.15) is 22.0 Å². The van der Waals surface area contributed by atoms with Crippen LogP contribution in [0.5, 0.6) is 0 Å². The largest absolute Gasteiger partial charge is 0.480 e. The lowest BCUT2D eigenvalue weighted by Gasteiger charge is -2.39. The molecule has 20 heavy (non-hydrogen) atoms. The third-order valence-corrected chi connectivity index (χ3v) is 2.76. The van der Waals surface area contributed by atoms with Crippen molar-refractivity contribution in [2.75, 3.05) is 0 Å². The first-order valence-electron chi connectivity index (χ1n) is 5.17. The van der Waals surface area contributed by atoms with Crippen molar-refractivity contribution in [3.05, 3.63) is 35.9 Å². The quantitative estimate of drug-likeness (QED) is 0.735. The summed E-state index contributed by atoms with van der Waals surface area (Å²) in [5.41, 5.74) is -0.193. The zero-order chi connectivity index (χ0) is 15.8.